The van der Waals surface area contributed by atoms with E-state index < -0.39 is 34.4 Å². The zero-order chi connectivity index (χ0) is 27.2. The van der Waals surface area contributed by atoms with Gasteiger partial charge in [-0.15, -0.1) is 0 Å². The van der Waals surface area contributed by atoms with Crippen molar-refractivity contribution < 1.29 is 22.7 Å². The normalized spacial score (nSPS) is 11.9. The van der Waals surface area contributed by atoms with Crippen LogP contribution in [0, 0.1) is 0 Å². The fourth-order valence-corrected chi connectivity index (χ4v) is 5.51. The van der Waals surface area contributed by atoms with Crippen molar-refractivity contribution in [3.8, 4) is 5.75 Å². The number of para-hydroxylation sites is 1. The van der Waals surface area contributed by atoms with Gasteiger partial charge in [0, 0.05) is 23.6 Å². The lowest BCUT2D eigenvalue weighted by Gasteiger charge is -2.32. The van der Waals surface area contributed by atoms with Gasteiger partial charge in [-0.3, -0.25) is 13.9 Å². The van der Waals surface area contributed by atoms with E-state index in [9.17, 15) is 18.0 Å². The van der Waals surface area contributed by atoms with Gasteiger partial charge in [0.2, 0.25) is 11.8 Å². The monoisotopic (exact) mass is 563 g/mol. The lowest BCUT2D eigenvalue weighted by Crippen LogP contribution is -2.50. The van der Waals surface area contributed by atoms with E-state index in [0.717, 1.165) is 4.31 Å². The molecule has 3 aromatic carbocycles. The second-order valence-corrected chi connectivity index (χ2v) is 10.8. The molecule has 0 saturated heterocycles. The average Bonchev–Trinajstić information content (AvgIpc) is 2.90. The molecule has 0 aliphatic carbocycles. The molecule has 3 aromatic rings. The number of benzene rings is 3. The third kappa shape index (κ3) is 6.74. The summed E-state index contributed by atoms with van der Waals surface area (Å²) in [4.78, 5) is 27.5. The number of hydrogen-bond donors (Lipinski definition) is 1. The van der Waals surface area contributed by atoms with Crippen molar-refractivity contribution in [2.75, 3.05) is 25.0 Å². The molecule has 0 unspecified atom stereocenters. The molecule has 2 amide bonds. The predicted octanol–water partition coefficient (Wildman–Crippen LogP) is 4.36. The van der Waals surface area contributed by atoms with Gasteiger partial charge in [0.25, 0.3) is 10.0 Å². The minimum absolute atomic E-state index is 0.0170. The second kappa shape index (κ2) is 12.3. The van der Waals surface area contributed by atoms with Crippen LogP contribution >= 0.6 is 23.2 Å². The fraction of sp³-hybridized carbons (Fsp3) is 0.231. The molecule has 0 heterocycles. The Balaban J connectivity index is 2.02. The number of methoxy groups -OCH3 is 1. The van der Waals surface area contributed by atoms with Crippen LogP contribution in [0.5, 0.6) is 5.75 Å². The zero-order valence-electron chi connectivity index (χ0n) is 20.5. The number of carbonyl (C=O) groups is 2. The SMILES string of the molecule is CNC(=O)[C@@H](C)N(Cc1ccc(Cl)cc1Cl)C(=O)CN(c1ccccc1)S(=O)(=O)c1ccc(OC)cc1. The highest BCUT2D eigenvalue weighted by atomic mass is 35.5. The van der Waals surface area contributed by atoms with E-state index in [0.29, 0.717) is 27.0 Å². The van der Waals surface area contributed by atoms with E-state index in [1.165, 1.54) is 49.4 Å². The Bertz CT molecular complexity index is 1350. The van der Waals surface area contributed by atoms with Gasteiger partial charge in [-0.05, 0) is 61.0 Å². The van der Waals surface area contributed by atoms with E-state index in [-0.39, 0.29) is 11.4 Å². The minimum Gasteiger partial charge on any atom is -0.497 e. The van der Waals surface area contributed by atoms with Gasteiger partial charge < -0.3 is 15.0 Å². The number of ether oxygens (including phenoxy) is 1. The molecule has 37 heavy (non-hydrogen) atoms. The lowest BCUT2D eigenvalue weighted by atomic mass is 10.1. The highest BCUT2D eigenvalue weighted by Gasteiger charge is 2.32. The maximum atomic E-state index is 13.7. The Morgan fingerprint density at radius 1 is 1.00 bits per heavy atom. The first-order valence-electron chi connectivity index (χ1n) is 11.2. The van der Waals surface area contributed by atoms with Gasteiger partial charge in [-0.2, -0.15) is 0 Å². The van der Waals surface area contributed by atoms with Crippen LogP contribution in [0.15, 0.2) is 77.7 Å². The van der Waals surface area contributed by atoms with Crippen LogP contribution in [0.2, 0.25) is 10.0 Å². The zero-order valence-corrected chi connectivity index (χ0v) is 22.8. The fourth-order valence-electron chi connectivity index (χ4n) is 3.62. The lowest BCUT2D eigenvalue weighted by molar-refractivity contribution is -0.139. The molecule has 196 valence electrons. The molecule has 11 heteroatoms. The number of nitrogens with zero attached hydrogens (tertiary/aromatic N) is 2. The standard InChI is InChI=1S/C26H27Cl2N3O5S/c1-18(26(33)29-2)30(16-19-9-10-20(27)15-24(19)28)25(32)17-31(21-7-5-4-6-8-21)37(34,35)23-13-11-22(36-3)12-14-23/h4-15,18H,16-17H2,1-3H3,(H,29,33)/t18-/m1/s1. The summed E-state index contributed by atoms with van der Waals surface area (Å²) in [5.74, 6) is -0.516. The molecular weight excluding hydrogens is 537 g/mol. The quantitative estimate of drug-likeness (QED) is 0.395. The van der Waals surface area contributed by atoms with Gasteiger partial charge in [0.15, 0.2) is 0 Å². The average molecular weight is 564 g/mol. The van der Waals surface area contributed by atoms with Crippen molar-refractivity contribution in [2.24, 2.45) is 0 Å². The maximum absolute atomic E-state index is 13.7. The first-order valence-corrected chi connectivity index (χ1v) is 13.4. The van der Waals surface area contributed by atoms with E-state index in [4.69, 9.17) is 27.9 Å². The molecule has 0 bridgehead atoms. The minimum atomic E-state index is -4.16. The second-order valence-electron chi connectivity index (χ2n) is 8.07. The van der Waals surface area contributed by atoms with E-state index >= 15 is 0 Å². The number of likely N-dealkylation sites (N-methyl/N-ethyl adjacent to an activating group) is 1. The number of sulfonamides is 1. The Kier molecular flexibility index (Phi) is 9.42. The number of nitrogens with one attached hydrogen (secondary N) is 1. The van der Waals surface area contributed by atoms with Crippen LogP contribution in [0.4, 0.5) is 5.69 Å². The summed E-state index contributed by atoms with van der Waals surface area (Å²) in [6.45, 7) is 0.977. The van der Waals surface area contributed by atoms with E-state index in [1.54, 1.807) is 49.4 Å². The predicted molar refractivity (Wildman–Crippen MR) is 145 cm³/mol. The summed E-state index contributed by atoms with van der Waals surface area (Å²) in [6.07, 6.45) is 0. The van der Waals surface area contributed by atoms with Crippen LogP contribution in [-0.4, -0.2) is 51.9 Å². The Morgan fingerprint density at radius 3 is 2.22 bits per heavy atom. The summed E-state index contributed by atoms with van der Waals surface area (Å²) in [7, 11) is -1.22. The van der Waals surface area contributed by atoms with Crippen LogP contribution in [0.25, 0.3) is 0 Å². The summed E-state index contributed by atoms with van der Waals surface area (Å²) < 4.78 is 33.5. The topological polar surface area (TPSA) is 96.0 Å². The van der Waals surface area contributed by atoms with Gasteiger partial charge in [-0.1, -0.05) is 47.5 Å². The first-order chi connectivity index (χ1) is 17.6. The molecule has 0 fully saturated rings. The van der Waals surface area contributed by atoms with Crippen molar-refractivity contribution in [1.29, 1.82) is 0 Å². The highest BCUT2D eigenvalue weighted by Crippen LogP contribution is 2.27. The summed E-state index contributed by atoms with van der Waals surface area (Å²) in [6, 6.07) is 18.1. The van der Waals surface area contributed by atoms with Gasteiger partial charge >= 0.3 is 0 Å². The number of rotatable bonds is 10. The van der Waals surface area contributed by atoms with Gasteiger partial charge in [0.05, 0.1) is 17.7 Å². The first kappa shape index (κ1) is 28.3. The molecule has 1 atom stereocenters. The van der Waals surface area contributed by atoms with Crippen molar-refractivity contribution in [1.82, 2.24) is 10.2 Å². The number of amides is 2. The van der Waals surface area contributed by atoms with Crippen LogP contribution in [-0.2, 0) is 26.2 Å². The summed E-state index contributed by atoms with van der Waals surface area (Å²) in [5, 5.41) is 3.27. The maximum Gasteiger partial charge on any atom is 0.264 e. The summed E-state index contributed by atoms with van der Waals surface area (Å²) in [5.41, 5.74) is 0.850. The van der Waals surface area contributed by atoms with Crippen LogP contribution in [0.1, 0.15) is 12.5 Å². The molecule has 0 aromatic heterocycles. The van der Waals surface area contributed by atoms with E-state index in [2.05, 4.69) is 5.32 Å². The summed E-state index contributed by atoms with van der Waals surface area (Å²) >= 11 is 12.3. The van der Waals surface area contributed by atoms with Crippen molar-refractivity contribution >= 4 is 50.7 Å². The highest BCUT2D eigenvalue weighted by molar-refractivity contribution is 7.92. The molecule has 0 radical (unpaired) electrons. The Morgan fingerprint density at radius 2 is 1.65 bits per heavy atom. The molecule has 0 saturated carbocycles. The van der Waals surface area contributed by atoms with Crippen LogP contribution < -0.4 is 14.4 Å². The number of hydrogen-bond acceptors (Lipinski definition) is 5. The van der Waals surface area contributed by atoms with E-state index in [1.807, 2.05) is 0 Å². The number of anilines is 1. The van der Waals surface area contributed by atoms with Crippen molar-refractivity contribution in [2.45, 2.75) is 24.4 Å². The molecule has 0 aliphatic heterocycles. The van der Waals surface area contributed by atoms with Crippen LogP contribution in [0.3, 0.4) is 0 Å². The Hall–Kier alpha value is -3.27. The van der Waals surface area contributed by atoms with Crippen molar-refractivity contribution in [3.63, 3.8) is 0 Å². The molecule has 0 aliphatic rings. The Labute approximate surface area is 226 Å². The van der Waals surface area contributed by atoms with Gasteiger partial charge in [-0.25, -0.2) is 8.42 Å². The largest absolute Gasteiger partial charge is 0.497 e. The molecule has 8 nitrogen and oxygen atoms in total. The third-order valence-corrected chi connectivity index (χ3v) is 8.11. The third-order valence-electron chi connectivity index (χ3n) is 5.74. The number of halogens is 2. The van der Waals surface area contributed by atoms with Crippen molar-refractivity contribution in [3.05, 3.63) is 88.4 Å². The molecule has 3 rings (SSSR count). The molecular formula is C26H27Cl2N3O5S. The molecule has 1 N–H and O–H groups in total. The van der Waals surface area contributed by atoms with Gasteiger partial charge in [0.1, 0.15) is 18.3 Å². The molecule has 0 spiro atoms. The smallest absolute Gasteiger partial charge is 0.264 e. The number of carbonyl (C=O) groups excluding carboxylic acids is 2.